The molecule has 7 rings (SSSR count). The van der Waals surface area contributed by atoms with Crippen LogP contribution in [-0.4, -0.2) is 33.7 Å². The quantitative estimate of drug-likeness (QED) is 0.279. The Morgan fingerprint density at radius 2 is 1.61 bits per heavy atom. The first-order chi connectivity index (χ1) is 21.0. The van der Waals surface area contributed by atoms with Crippen LogP contribution in [0.2, 0.25) is 5.02 Å². The highest BCUT2D eigenvalue weighted by Gasteiger charge is 2.70. The molecule has 4 aliphatic rings. The molecule has 10 heteroatoms. The zero-order chi connectivity index (χ0) is 31.1. The number of aryl methyl sites for hydroxylation is 2. The van der Waals surface area contributed by atoms with Gasteiger partial charge in [-0.2, -0.15) is 5.01 Å². The van der Waals surface area contributed by atoms with Crippen molar-refractivity contribution in [2.75, 3.05) is 5.43 Å². The maximum atomic E-state index is 15.0. The van der Waals surface area contributed by atoms with E-state index in [4.69, 9.17) is 11.6 Å². The number of allylic oxidation sites excluding steroid dienone is 2. The highest BCUT2D eigenvalue weighted by Crippen LogP contribution is 2.64. The van der Waals surface area contributed by atoms with E-state index in [2.05, 4.69) is 10.7 Å². The molecule has 44 heavy (non-hydrogen) atoms. The van der Waals surface area contributed by atoms with Crippen LogP contribution < -0.4 is 10.7 Å². The number of imide groups is 2. The molecule has 0 aromatic heterocycles. The molecule has 0 bridgehead atoms. The molecule has 2 heterocycles. The number of carbonyl (C=O) groups is 4. The number of rotatable bonds is 4. The standard InChI is InChI=1S/C34H29ClFN3O5/c1-16-13-18(14-17(2)29(16)40)28-23-11-12-24-27(31(42)37-30(24)41)25(23)15-26-32(43)39(38-22-9-7-21(36)8-10-22)33(44)34(26,28)19-3-5-20(35)6-4-19/h3-11,13-14,24-28,38,40H,12,15H2,1-2H3,(H,37,41,42)/t24-,25+,26-,27-,28-,34+/m0/s1. The van der Waals surface area contributed by atoms with E-state index in [0.717, 1.165) is 10.6 Å². The van der Waals surface area contributed by atoms with Crippen LogP contribution >= 0.6 is 11.6 Å². The molecule has 1 saturated carbocycles. The number of phenolic OH excluding ortho intramolecular Hbond substituents is 1. The summed E-state index contributed by atoms with van der Waals surface area (Å²) < 4.78 is 13.7. The van der Waals surface area contributed by atoms with Gasteiger partial charge in [0.2, 0.25) is 11.8 Å². The van der Waals surface area contributed by atoms with E-state index in [1.54, 1.807) is 38.1 Å². The van der Waals surface area contributed by atoms with Crippen LogP contribution in [0, 0.1) is 43.3 Å². The SMILES string of the molecule is Cc1cc([C@H]2C3=CC[C@@H]4C(=O)NC(=O)[C@@H]4[C@@H]3C[C@H]3C(=O)N(Nc4ccc(F)cc4)C(=O)[C@@]23c2ccc(Cl)cc2)cc(C)c1O. The molecule has 0 spiro atoms. The van der Waals surface area contributed by atoms with Crippen LogP contribution in [0.1, 0.15) is 41.0 Å². The third kappa shape index (κ3) is 3.95. The van der Waals surface area contributed by atoms with Gasteiger partial charge in [0.15, 0.2) is 0 Å². The smallest absolute Gasteiger partial charge is 0.260 e. The highest BCUT2D eigenvalue weighted by atomic mass is 35.5. The Morgan fingerprint density at radius 3 is 2.27 bits per heavy atom. The predicted octanol–water partition coefficient (Wildman–Crippen LogP) is 5.07. The average Bonchev–Trinajstić information content (AvgIpc) is 3.41. The van der Waals surface area contributed by atoms with E-state index in [-0.39, 0.29) is 24.0 Å². The molecule has 0 radical (unpaired) electrons. The van der Waals surface area contributed by atoms with Gasteiger partial charge in [0, 0.05) is 10.9 Å². The minimum absolute atomic E-state index is 0.130. The van der Waals surface area contributed by atoms with Crippen LogP contribution in [0.4, 0.5) is 10.1 Å². The first-order valence-corrected chi connectivity index (χ1v) is 14.9. The molecule has 3 N–H and O–H groups in total. The second kappa shape index (κ2) is 10.0. The van der Waals surface area contributed by atoms with Crippen molar-refractivity contribution in [1.82, 2.24) is 10.3 Å². The fourth-order valence-electron chi connectivity index (χ4n) is 8.10. The number of halogens is 2. The number of hydrogen-bond donors (Lipinski definition) is 3. The summed E-state index contributed by atoms with van der Waals surface area (Å²) in [7, 11) is 0. The molecule has 3 fully saturated rings. The highest BCUT2D eigenvalue weighted by molar-refractivity contribution is 6.30. The lowest BCUT2D eigenvalue weighted by Crippen LogP contribution is -2.53. The maximum absolute atomic E-state index is 15.0. The number of nitrogens with zero attached hydrogens (tertiary/aromatic N) is 1. The lowest BCUT2D eigenvalue weighted by molar-refractivity contribution is -0.138. The van der Waals surface area contributed by atoms with E-state index in [0.29, 0.717) is 39.4 Å². The van der Waals surface area contributed by atoms with Gasteiger partial charge in [-0.15, -0.1) is 0 Å². The van der Waals surface area contributed by atoms with Gasteiger partial charge in [0.1, 0.15) is 11.6 Å². The summed E-state index contributed by atoms with van der Waals surface area (Å²) in [5.41, 5.74) is 5.13. The molecule has 224 valence electrons. The van der Waals surface area contributed by atoms with Gasteiger partial charge >= 0.3 is 0 Å². The lowest BCUT2D eigenvalue weighted by Gasteiger charge is -2.50. The minimum atomic E-state index is -1.46. The number of aromatic hydroxyl groups is 1. The van der Waals surface area contributed by atoms with Crippen molar-refractivity contribution < 1.29 is 28.7 Å². The Bertz CT molecular complexity index is 1770. The lowest BCUT2D eigenvalue weighted by atomic mass is 9.49. The summed E-state index contributed by atoms with van der Waals surface area (Å²) >= 11 is 6.30. The van der Waals surface area contributed by atoms with Crippen LogP contribution in [0.25, 0.3) is 0 Å². The molecule has 2 saturated heterocycles. The van der Waals surface area contributed by atoms with E-state index in [9.17, 15) is 28.7 Å². The van der Waals surface area contributed by atoms with Crippen molar-refractivity contribution in [3.05, 3.63) is 105 Å². The average molecular weight is 614 g/mol. The largest absolute Gasteiger partial charge is 0.507 e. The zero-order valence-corrected chi connectivity index (χ0v) is 24.7. The predicted molar refractivity (Wildman–Crippen MR) is 160 cm³/mol. The zero-order valence-electron chi connectivity index (χ0n) is 23.9. The van der Waals surface area contributed by atoms with Gasteiger partial charge in [-0.1, -0.05) is 47.5 Å². The van der Waals surface area contributed by atoms with E-state index >= 15 is 0 Å². The van der Waals surface area contributed by atoms with Gasteiger partial charge in [0.05, 0.1) is 28.9 Å². The summed E-state index contributed by atoms with van der Waals surface area (Å²) in [6, 6.07) is 15.9. The maximum Gasteiger partial charge on any atom is 0.260 e. The summed E-state index contributed by atoms with van der Waals surface area (Å²) in [4.78, 5) is 55.4. The van der Waals surface area contributed by atoms with Crippen molar-refractivity contribution in [1.29, 1.82) is 0 Å². The molecule has 3 aromatic carbocycles. The van der Waals surface area contributed by atoms with Gasteiger partial charge in [0.25, 0.3) is 11.8 Å². The number of benzene rings is 3. The van der Waals surface area contributed by atoms with E-state index in [1.165, 1.54) is 24.3 Å². The van der Waals surface area contributed by atoms with Crippen molar-refractivity contribution in [2.24, 2.45) is 23.7 Å². The number of hydrogen-bond acceptors (Lipinski definition) is 6. The molecule has 2 aliphatic heterocycles. The Labute approximate surface area is 257 Å². The normalized spacial score (nSPS) is 29.1. The molecule has 4 amide bonds. The summed E-state index contributed by atoms with van der Waals surface area (Å²) in [5.74, 6) is -5.36. The Hall–Kier alpha value is -4.50. The fraction of sp³-hybridized carbons (Fsp3) is 0.294. The first-order valence-electron chi connectivity index (χ1n) is 14.5. The number of amides is 4. The van der Waals surface area contributed by atoms with E-state index < -0.39 is 52.6 Å². The molecule has 6 atom stereocenters. The van der Waals surface area contributed by atoms with Crippen LogP contribution in [0.15, 0.2) is 72.3 Å². The van der Waals surface area contributed by atoms with E-state index in [1.807, 2.05) is 18.2 Å². The number of nitrogens with one attached hydrogen (secondary N) is 2. The summed E-state index contributed by atoms with van der Waals surface area (Å²) in [6.45, 7) is 3.55. The molecule has 3 aromatic rings. The van der Waals surface area contributed by atoms with Crippen molar-refractivity contribution >= 4 is 40.9 Å². The molecule has 2 aliphatic carbocycles. The Balaban J connectivity index is 1.49. The monoisotopic (exact) mass is 613 g/mol. The van der Waals surface area contributed by atoms with Crippen molar-refractivity contribution in [3.8, 4) is 5.75 Å². The number of carbonyl (C=O) groups excluding carboxylic acids is 4. The van der Waals surface area contributed by atoms with Crippen LogP contribution in [0.3, 0.4) is 0 Å². The van der Waals surface area contributed by atoms with Crippen molar-refractivity contribution in [3.63, 3.8) is 0 Å². The fourth-order valence-corrected chi connectivity index (χ4v) is 8.22. The topological polar surface area (TPSA) is 116 Å². The Morgan fingerprint density at radius 1 is 0.955 bits per heavy atom. The molecular formula is C34H29ClFN3O5. The van der Waals surface area contributed by atoms with Crippen molar-refractivity contribution in [2.45, 2.75) is 38.0 Å². The third-order valence-corrected chi connectivity index (χ3v) is 10.2. The van der Waals surface area contributed by atoms with Gasteiger partial charge in [-0.05, 0) is 91.3 Å². The first kappa shape index (κ1) is 28.3. The number of hydrazine groups is 1. The van der Waals surface area contributed by atoms with Gasteiger partial charge < -0.3 is 5.11 Å². The van der Waals surface area contributed by atoms with Crippen LogP contribution in [0.5, 0.6) is 5.75 Å². The summed E-state index contributed by atoms with van der Waals surface area (Å²) in [5, 5.41) is 14.6. The number of fused-ring (bicyclic) bond motifs is 4. The third-order valence-electron chi connectivity index (χ3n) is 9.95. The number of phenols is 1. The second-order valence-electron chi connectivity index (χ2n) is 12.2. The second-order valence-corrected chi connectivity index (χ2v) is 12.7. The van der Waals surface area contributed by atoms with Crippen LogP contribution in [-0.2, 0) is 24.6 Å². The van der Waals surface area contributed by atoms with Gasteiger partial charge in [-0.3, -0.25) is 29.9 Å². The summed E-state index contributed by atoms with van der Waals surface area (Å²) in [6.07, 6.45) is 2.45. The molecular weight excluding hydrogens is 585 g/mol. The number of anilines is 1. The van der Waals surface area contributed by atoms with Gasteiger partial charge in [-0.25, -0.2) is 4.39 Å². The Kier molecular flexibility index (Phi) is 6.44. The molecule has 0 unspecified atom stereocenters. The molecule has 8 nitrogen and oxygen atoms in total. The minimum Gasteiger partial charge on any atom is -0.507 e.